The van der Waals surface area contributed by atoms with E-state index in [-0.39, 0.29) is 24.0 Å². The lowest BCUT2D eigenvalue weighted by Gasteiger charge is -2.50. The van der Waals surface area contributed by atoms with E-state index < -0.39 is 0 Å². The quantitative estimate of drug-likeness (QED) is 0.747. The predicted octanol–water partition coefficient (Wildman–Crippen LogP) is 2.83. The van der Waals surface area contributed by atoms with Gasteiger partial charge in [0.15, 0.2) is 0 Å². The summed E-state index contributed by atoms with van der Waals surface area (Å²) in [5.41, 5.74) is 2.70. The summed E-state index contributed by atoms with van der Waals surface area (Å²) in [5, 5.41) is 30.0. The maximum absolute atomic E-state index is 10.7. The number of phenolic OH excluding ortho intramolecular Hbond substituents is 1. The Labute approximate surface area is 132 Å². The van der Waals surface area contributed by atoms with Gasteiger partial charge in [0.1, 0.15) is 5.75 Å². The summed E-state index contributed by atoms with van der Waals surface area (Å²) in [6, 6.07) is 5.85. The average Bonchev–Trinajstić information content (AvgIpc) is 2.78. The Hall–Kier alpha value is -1.06. The van der Waals surface area contributed by atoms with Crippen LogP contribution in [0.4, 0.5) is 0 Å². The number of hydrogen-bond acceptors (Lipinski definition) is 3. The Morgan fingerprint density at radius 3 is 2.86 bits per heavy atom. The molecule has 3 N–H and O–H groups in total. The molecule has 3 heteroatoms. The third-order valence-corrected chi connectivity index (χ3v) is 7.06. The Bertz CT molecular complexity index is 584. The zero-order chi connectivity index (χ0) is 15.5. The number of phenols is 1. The van der Waals surface area contributed by atoms with Gasteiger partial charge in [-0.3, -0.25) is 0 Å². The van der Waals surface area contributed by atoms with E-state index in [4.69, 9.17) is 0 Å². The summed E-state index contributed by atoms with van der Waals surface area (Å²) >= 11 is 0. The maximum atomic E-state index is 10.7. The van der Waals surface area contributed by atoms with Crippen LogP contribution in [0.2, 0.25) is 0 Å². The Kier molecular flexibility index (Phi) is 3.28. The van der Waals surface area contributed by atoms with Gasteiger partial charge in [0.2, 0.25) is 0 Å². The molecule has 3 aliphatic carbocycles. The number of hydrogen-bond donors (Lipinski definition) is 3. The minimum absolute atomic E-state index is 0.0248. The van der Waals surface area contributed by atoms with Crippen LogP contribution in [0, 0.1) is 23.2 Å². The minimum atomic E-state index is -0.357. The highest BCUT2D eigenvalue weighted by molar-refractivity contribution is 5.40. The first-order valence-electron chi connectivity index (χ1n) is 8.65. The van der Waals surface area contributed by atoms with E-state index in [2.05, 4.69) is 13.0 Å². The second-order valence-electron chi connectivity index (χ2n) is 7.97. The highest BCUT2D eigenvalue weighted by atomic mass is 16.3. The molecule has 1 aromatic rings. The van der Waals surface area contributed by atoms with E-state index in [0.717, 1.165) is 32.1 Å². The number of aryl methyl sites for hydroxylation is 1. The van der Waals surface area contributed by atoms with Crippen molar-refractivity contribution in [3.8, 4) is 5.75 Å². The van der Waals surface area contributed by atoms with Crippen molar-refractivity contribution in [1.82, 2.24) is 0 Å². The van der Waals surface area contributed by atoms with E-state index in [9.17, 15) is 15.3 Å². The largest absolute Gasteiger partial charge is 0.508 e. The Balaban J connectivity index is 1.69. The molecule has 0 radical (unpaired) electrons. The number of benzene rings is 1. The molecule has 2 fully saturated rings. The van der Waals surface area contributed by atoms with Gasteiger partial charge in [0.05, 0.1) is 6.10 Å². The van der Waals surface area contributed by atoms with Crippen molar-refractivity contribution in [3.05, 3.63) is 29.3 Å². The molecule has 22 heavy (non-hydrogen) atoms. The molecule has 4 rings (SSSR count). The van der Waals surface area contributed by atoms with Crippen LogP contribution in [-0.2, 0) is 6.42 Å². The molecule has 3 nitrogen and oxygen atoms in total. The van der Waals surface area contributed by atoms with Crippen molar-refractivity contribution in [3.63, 3.8) is 0 Å². The molecule has 6 atom stereocenters. The van der Waals surface area contributed by atoms with E-state index in [1.807, 2.05) is 12.1 Å². The van der Waals surface area contributed by atoms with Crippen LogP contribution in [0.3, 0.4) is 0 Å². The molecule has 3 aliphatic rings. The number of rotatable bonds is 1. The number of aliphatic hydroxyl groups is 2. The van der Waals surface area contributed by atoms with Crippen molar-refractivity contribution in [2.24, 2.45) is 23.2 Å². The average molecular weight is 302 g/mol. The molecule has 0 unspecified atom stereocenters. The first-order chi connectivity index (χ1) is 10.5. The lowest BCUT2D eigenvalue weighted by atomic mass is 9.55. The predicted molar refractivity (Wildman–Crippen MR) is 84.7 cm³/mol. The molecular weight excluding hydrogens is 276 g/mol. The summed E-state index contributed by atoms with van der Waals surface area (Å²) in [6.45, 7) is 2.34. The van der Waals surface area contributed by atoms with Crippen molar-refractivity contribution in [2.45, 2.75) is 51.0 Å². The lowest BCUT2D eigenvalue weighted by Crippen LogP contribution is -2.44. The zero-order valence-electron chi connectivity index (χ0n) is 13.2. The van der Waals surface area contributed by atoms with Crippen molar-refractivity contribution >= 4 is 0 Å². The van der Waals surface area contributed by atoms with Gasteiger partial charge in [-0.2, -0.15) is 0 Å². The molecule has 0 heterocycles. The van der Waals surface area contributed by atoms with Gasteiger partial charge >= 0.3 is 0 Å². The van der Waals surface area contributed by atoms with E-state index in [1.165, 1.54) is 11.1 Å². The first kappa shape index (κ1) is 14.5. The van der Waals surface area contributed by atoms with E-state index in [0.29, 0.717) is 23.5 Å². The lowest BCUT2D eigenvalue weighted by molar-refractivity contribution is -0.0379. The molecule has 1 aromatic carbocycles. The molecule has 2 saturated carbocycles. The summed E-state index contributed by atoms with van der Waals surface area (Å²) in [6.07, 6.45) is 4.93. The van der Waals surface area contributed by atoms with Crippen LogP contribution in [0.5, 0.6) is 5.75 Å². The fourth-order valence-corrected chi connectivity index (χ4v) is 5.90. The van der Waals surface area contributed by atoms with Crippen LogP contribution in [0.25, 0.3) is 0 Å². The molecule has 0 spiro atoms. The highest BCUT2D eigenvalue weighted by Crippen LogP contribution is 2.62. The molecular formula is C19H26O3. The van der Waals surface area contributed by atoms with Gasteiger partial charge in [-0.1, -0.05) is 13.0 Å². The number of aliphatic hydroxyl groups excluding tert-OH is 2. The van der Waals surface area contributed by atoms with Crippen LogP contribution in [-0.4, -0.2) is 28.0 Å². The Morgan fingerprint density at radius 2 is 2.09 bits per heavy atom. The minimum Gasteiger partial charge on any atom is -0.508 e. The molecule has 0 aromatic heterocycles. The second kappa shape index (κ2) is 4.97. The molecule has 0 bridgehead atoms. The smallest absolute Gasteiger partial charge is 0.115 e. The number of fused-ring (bicyclic) bond motifs is 5. The van der Waals surface area contributed by atoms with Gasteiger partial charge in [-0.05, 0) is 78.5 Å². The van der Waals surface area contributed by atoms with Crippen molar-refractivity contribution < 1.29 is 15.3 Å². The fourth-order valence-electron chi connectivity index (χ4n) is 5.90. The highest BCUT2D eigenvalue weighted by Gasteiger charge is 2.57. The summed E-state index contributed by atoms with van der Waals surface area (Å²) in [4.78, 5) is 0. The van der Waals surface area contributed by atoms with Crippen molar-refractivity contribution in [1.29, 1.82) is 0 Å². The second-order valence-corrected chi connectivity index (χ2v) is 7.97. The zero-order valence-corrected chi connectivity index (χ0v) is 13.2. The van der Waals surface area contributed by atoms with Crippen LogP contribution in [0.15, 0.2) is 18.2 Å². The van der Waals surface area contributed by atoms with Gasteiger partial charge in [0.25, 0.3) is 0 Å². The van der Waals surface area contributed by atoms with Gasteiger partial charge in [-0.15, -0.1) is 0 Å². The maximum Gasteiger partial charge on any atom is 0.115 e. The third-order valence-electron chi connectivity index (χ3n) is 7.06. The van der Waals surface area contributed by atoms with E-state index in [1.54, 1.807) is 0 Å². The van der Waals surface area contributed by atoms with Crippen LogP contribution >= 0.6 is 0 Å². The number of aromatic hydroxyl groups is 1. The van der Waals surface area contributed by atoms with Crippen molar-refractivity contribution in [2.75, 3.05) is 6.61 Å². The summed E-state index contributed by atoms with van der Waals surface area (Å²) in [5.74, 6) is 2.11. The topological polar surface area (TPSA) is 60.7 Å². The van der Waals surface area contributed by atoms with Crippen LogP contribution < -0.4 is 0 Å². The SMILES string of the molecule is C[C@]12CC[C@@H]3c4ccc(O)cc4CC[C@H]3[C@@H]1C[C@H](CO)[C@H]2O. The van der Waals surface area contributed by atoms with Gasteiger partial charge in [-0.25, -0.2) is 0 Å². The van der Waals surface area contributed by atoms with Crippen LogP contribution in [0.1, 0.15) is 49.7 Å². The fraction of sp³-hybridized carbons (Fsp3) is 0.684. The summed E-state index contributed by atoms with van der Waals surface area (Å²) < 4.78 is 0. The molecule has 0 saturated heterocycles. The summed E-state index contributed by atoms with van der Waals surface area (Å²) in [7, 11) is 0. The molecule has 0 amide bonds. The first-order valence-corrected chi connectivity index (χ1v) is 8.65. The monoisotopic (exact) mass is 302 g/mol. The third kappa shape index (κ3) is 1.88. The normalized spacial score (nSPS) is 43.3. The Morgan fingerprint density at radius 1 is 1.27 bits per heavy atom. The van der Waals surface area contributed by atoms with Gasteiger partial charge < -0.3 is 15.3 Å². The standard InChI is InChI=1S/C19H26O3/c1-19-7-6-15-14-5-3-13(21)8-11(14)2-4-16(15)17(19)9-12(10-20)18(19)22/h3,5,8,12,15-18,20-22H,2,4,6-7,9-10H2,1H3/t12-,15-,16-,17+,18-,19+/m1/s1. The molecule has 0 aliphatic heterocycles. The van der Waals surface area contributed by atoms with E-state index >= 15 is 0 Å². The molecule has 120 valence electrons. The van der Waals surface area contributed by atoms with Gasteiger partial charge in [0, 0.05) is 12.5 Å².